The van der Waals surface area contributed by atoms with Crippen LogP contribution >= 0.6 is 39.1 Å². The number of aromatic nitrogens is 2. The first kappa shape index (κ1) is 14.6. The lowest BCUT2D eigenvalue weighted by atomic mass is 10.2. The van der Waals surface area contributed by atoms with Crippen LogP contribution in [-0.2, 0) is 6.42 Å². The second-order valence-corrected chi connectivity index (χ2v) is 5.60. The zero-order valence-electron chi connectivity index (χ0n) is 10.1. The van der Waals surface area contributed by atoms with Gasteiger partial charge in [0, 0.05) is 5.56 Å². The first-order chi connectivity index (χ1) is 9.04. The largest absolute Gasteiger partial charge is 0.305 e. The van der Waals surface area contributed by atoms with Gasteiger partial charge in [0.2, 0.25) is 0 Å². The molecule has 0 spiro atoms. The molecule has 1 N–H and O–H groups in total. The van der Waals surface area contributed by atoms with E-state index in [0.717, 1.165) is 18.5 Å². The van der Waals surface area contributed by atoms with Gasteiger partial charge in [-0.2, -0.15) is 0 Å². The van der Waals surface area contributed by atoms with Gasteiger partial charge in [-0.25, -0.2) is 4.98 Å². The van der Waals surface area contributed by atoms with Crippen LogP contribution in [0.25, 0.3) is 11.4 Å². The summed E-state index contributed by atoms with van der Waals surface area (Å²) in [6.07, 6.45) is 1.62. The number of benzene rings is 1. The predicted octanol–water partition coefficient (Wildman–Crippen LogP) is 4.46. The third kappa shape index (κ3) is 3.02. The lowest BCUT2D eigenvalue weighted by Crippen LogP contribution is -2.13. The summed E-state index contributed by atoms with van der Waals surface area (Å²) in [5.74, 6) is 0.434. The molecule has 19 heavy (non-hydrogen) atoms. The van der Waals surface area contributed by atoms with Crippen molar-refractivity contribution in [3.8, 4) is 11.4 Å². The molecule has 0 saturated heterocycles. The van der Waals surface area contributed by atoms with E-state index in [4.69, 9.17) is 23.2 Å². The van der Waals surface area contributed by atoms with Crippen molar-refractivity contribution in [2.24, 2.45) is 0 Å². The van der Waals surface area contributed by atoms with Crippen molar-refractivity contribution in [3.63, 3.8) is 0 Å². The van der Waals surface area contributed by atoms with Crippen LogP contribution in [0, 0.1) is 0 Å². The van der Waals surface area contributed by atoms with Gasteiger partial charge in [-0.1, -0.05) is 42.6 Å². The Labute approximate surface area is 129 Å². The zero-order valence-corrected chi connectivity index (χ0v) is 13.2. The van der Waals surface area contributed by atoms with E-state index in [1.807, 2.05) is 6.92 Å². The summed E-state index contributed by atoms with van der Waals surface area (Å²) in [5.41, 5.74) is 1.12. The SMILES string of the molecule is CCCc1nc(-c2cccc(Cl)c2Cl)[nH]c(=O)c1Br. The molecular weight excluding hydrogens is 351 g/mol. The Bertz CT molecular complexity index is 670. The molecule has 0 unspecified atom stereocenters. The van der Waals surface area contributed by atoms with E-state index in [9.17, 15) is 4.79 Å². The van der Waals surface area contributed by atoms with E-state index < -0.39 is 0 Å². The van der Waals surface area contributed by atoms with Crippen molar-refractivity contribution >= 4 is 39.1 Å². The van der Waals surface area contributed by atoms with Gasteiger partial charge in [-0.05, 0) is 34.5 Å². The summed E-state index contributed by atoms with van der Waals surface area (Å²) in [5, 5.41) is 0.818. The highest BCUT2D eigenvalue weighted by atomic mass is 79.9. The van der Waals surface area contributed by atoms with Gasteiger partial charge in [0.1, 0.15) is 10.3 Å². The predicted molar refractivity (Wildman–Crippen MR) is 82.0 cm³/mol. The number of H-pyrrole nitrogens is 1. The first-order valence-corrected chi connectivity index (χ1v) is 7.32. The van der Waals surface area contributed by atoms with Gasteiger partial charge in [0.25, 0.3) is 5.56 Å². The second-order valence-electron chi connectivity index (χ2n) is 4.03. The Morgan fingerprint density at radius 3 is 2.79 bits per heavy atom. The Hall–Kier alpha value is -0.840. The van der Waals surface area contributed by atoms with E-state index in [-0.39, 0.29) is 5.56 Å². The van der Waals surface area contributed by atoms with Crippen LogP contribution in [0.3, 0.4) is 0 Å². The van der Waals surface area contributed by atoms with Gasteiger partial charge < -0.3 is 4.98 Å². The number of aromatic amines is 1. The van der Waals surface area contributed by atoms with Gasteiger partial charge >= 0.3 is 0 Å². The normalized spacial score (nSPS) is 10.7. The molecule has 0 fully saturated rings. The molecule has 0 amide bonds. The van der Waals surface area contributed by atoms with Crippen LogP contribution in [0.1, 0.15) is 19.0 Å². The lowest BCUT2D eigenvalue weighted by molar-refractivity contribution is 0.861. The molecule has 0 saturated carbocycles. The molecule has 0 aliphatic heterocycles. The Kier molecular flexibility index (Phi) is 4.66. The Morgan fingerprint density at radius 1 is 1.37 bits per heavy atom. The molecule has 3 nitrogen and oxygen atoms in total. The second kappa shape index (κ2) is 6.07. The highest BCUT2D eigenvalue weighted by molar-refractivity contribution is 9.10. The van der Waals surface area contributed by atoms with Crippen molar-refractivity contribution < 1.29 is 0 Å². The third-order valence-corrected chi connectivity index (χ3v) is 4.26. The maximum absolute atomic E-state index is 11.9. The minimum absolute atomic E-state index is 0.218. The van der Waals surface area contributed by atoms with Gasteiger partial charge in [-0.15, -0.1) is 0 Å². The minimum atomic E-state index is -0.218. The number of halogens is 3. The van der Waals surface area contributed by atoms with E-state index in [2.05, 4.69) is 25.9 Å². The van der Waals surface area contributed by atoms with Gasteiger partial charge in [-0.3, -0.25) is 4.79 Å². The van der Waals surface area contributed by atoms with Gasteiger partial charge in [0.15, 0.2) is 0 Å². The third-order valence-electron chi connectivity index (χ3n) is 2.62. The fourth-order valence-corrected chi connectivity index (χ4v) is 2.50. The number of rotatable bonds is 3. The van der Waals surface area contributed by atoms with Crippen molar-refractivity contribution in [1.82, 2.24) is 9.97 Å². The molecule has 100 valence electrons. The Balaban J connectivity index is 2.63. The average molecular weight is 362 g/mol. The molecular formula is C13H11BrCl2N2O. The van der Waals surface area contributed by atoms with Crippen LogP contribution in [0.4, 0.5) is 0 Å². The monoisotopic (exact) mass is 360 g/mol. The zero-order chi connectivity index (χ0) is 14.0. The minimum Gasteiger partial charge on any atom is -0.305 e. The van der Waals surface area contributed by atoms with Crippen molar-refractivity contribution in [2.75, 3.05) is 0 Å². The molecule has 1 heterocycles. The highest BCUT2D eigenvalue weighted by Crippen LogP contribution is 2.31. The van der Waals surface area contributed by atoms with E-state index >= 15 is 0 Å². The molecule has 0 aliphatic carbocycles. The van der Waals surface area contributed by atoms with E-state index in [0.29, 0.717) is 25.9 Å². The van der Waals surface area contributed by atoms with Crippen molar-refractivity contribution in [2.45, 2.75) is 19.8 Å². The topological polar surface area (TPSA) is 45.8 Å². The maximum Gasteiger partial charge on any atom is 0.265 e. The van der Waals surface area contributed by atoms with Crippen LogP contribution in [0.2, 0.25) is 10.0 Å². The number of nitrogens with zero attached hydrogens (tertiary/aromatic N) is 1. The number of hydrogen-bond donors (Lipinski definition) is 1. The van der Waals surface area contributed by atoms with E-state index in [1.54, 1.807) is 18.2 Å². The molecule has 0 atom stereocenters. The fourth-order valence-electron chi connectivity index (χ4n) is 1.72. The molecule has 1 aromatic heterocycles. The van der Waals surface area contributed by atoms with Crippen LogP contribution in [0.15, 0.2) is 27.5 Å². The summed E-state index contributed by atoms with van der Waals surface area (Å²) < 4.78 is 0.469. The lowest BCUT2D eigenvalue weighted by Gasteiger charge is -2.08. The Morgan fingerprint density at radius 2 is 2.11 bits per heavy atom. The summed E-state index contributed by atoms with van der Waals surface area (Å²) in [6.45, 7) is 2.03. The fraction of sp³-hybridized carbons (Fsp3) is 0.231. The van der Waals surface area contributed by atoms with Crippen LogP contribution in [0.5, 0.6) is 0 Å². The summed E-state index contributed by atoms with van der Waals surface area (Å²) in [4.78, 5) is 19.0. The smallest absolute Gasteiger partial charge is 0.265 e. The van der Waals surface area contributed by atoms with Crippen LogP contribution < -0.4 is 5.56 Å². The van der Waals surface area contributed by atoms with Crippen LogP contribution in [-0.4, -0.2) is 9.97 Å². The first-order valence-electron chi connectivity index (χ1n) is 5.77. The summed E-state index contributed by atoms with van der Waals surface area (Å²) in [7, 11) is 0. The summed E-state index contributed by atoms with van der Waals surface area (Å²) >= 11 is 15.4. The van der Waals surface area contributed by atoms with Crippen molar-refractivity contribution in [3.05, 3.63) is 48.8 Å². The number of nitrogens with one attached hydrogen (secondary N) is 1. The molecule has 0 aliphatic rings. The highest BCUT2D eigenvalue weighted by Gasteiger charge is 2.13. The molecule has 0 bridgehead atoms. The summed E-state index contributed by atoms with van der Waals surface area (Å²) in [6, 6.07) is 5.23. The molecule has 2 aromatic rings. The maximum atomic E-state index is 11.9. The average Bonchev–Trinajstić information content (AvgIpc) is 2.38. The quantitative estimate of drug-likeness (QED) is 0.877. The molecule has 1 aromatic carbocycles. The number of aryl methyl sites for hydroxylation is 1. The van der Waals surface area contributed by atoms with Gasteiger partial charge in [0.05, 0.1) is 15.7 Å². The molecule has 2 rings (SSSR count). The van der Waals surface area contributed by atoms with Crippen molar-refractivity contribution in [1.29, 1.82) is 0 Å². The molecule has 0 radical (unpaired) electrons. The standard InChI is InChI=1S/C13H11BrCl2N2O/c1-2-4-9-10(14)13(19)18-12(17-9)7-5-3-6-8(15)11(7)16/h3,5-6H,2,4H2,1H3,(H,17,18,19). The van der Waals surface area contributed by atoms with E-state index in [1.165, 1.54) is 0 Å². The molecule has 6 heteroatoms. The number of hydrogen-bond acceptors (Lipinski definition) is 2.